The van der Waals surface area contributed by atoms with E-state index in [1.807, 2.05) is 0 Å². The van der Waals surface area contributed by atoms with E-state index in [9.17, 15) is 13.2 Å². The van der Waals surface area contributed by atoms with Gasteiger partial charge in [-0.2, -0.15) is 0 Å². The number of benzene rings is 2. The molecule has 1 amide bonds. The normalized spacial score (nSPS) is 11.2. The number of sulfonamides is 1. The van der Waals surface area contributed by atoms with Crippen LogP contribution in [0, 0.1) is 0 Å². The number of nitrogens with zero attached hydrogens (tertiary/aromatic N) is 1. The minimum absolute atomic E-state index is 0.183. The summed E-state index contributed by atoms with van der Waals surface area (Å²) in [4.78, 5) is 12.1. The molecule has 0 aromatic heterocycles. The van der Waals surface area contributed by atoms with E-state index in [0.717, 1.165) is 11.8 Å². The lowest BCUT2D eigenvalue weighted by molar-refractivity contribution is -0.118. The zero-order valence-corrected chi connectivity index (χ0v) is 17.1. The van der Waals surface area contributed by atoms with E-state index < -0.39 is 10.0 Å². The molecule has 0 unspecified atom stereocenters. The quantitative estimate of drug-likeness (QED) is 0.683. The lowest BCUT2D eigenvalue weighted by Gasteiger charge is -2.14. The summed E-state index contributed by atoms with van der Waals surface area (Å²) in [6.07, 6.45) is 1.15. The number of amides is 1. The van der Waals surface area contributed by atoms with Crippen LogP contribution >= 0.6 is 0 Å². The second-order valence-electron chi connectivity index (χ2n) is 6.07. The molecule has 8 nitrogen and oxygen atoms in total. The third kappa shape index (κ3) is 6.14. The largest absolute Gasteiger partial charge is 0.497 e. The predicted molar refractivity (Wildman–Crippen MR) is 106 cm³/mol. The molecule has 0 radical (unpaired) electrons. The number of hydrogen-bond donors (Lipinski definition) is 1. The van der Waals surface area contributed by atoms with Crippen molar-refractivity contribution in [2.45, 2.75) is 6.54 Å². The maximum Gasteiger partial charge on any atom is 0.262 e. The smallest absolute Gasteiger partial charge is 0.262 e. The molecule has 0 heterocycles. The van der Waals surface area contributed by atoms with Gasteiger partial charge in [-0.25, -0.2) is 12.7 Å². The highest BCUT2D eigenvalue weighted by Crippen LogP contribution is 2.29. The van der Waals surface area contributed by atoms with Gasteiger partial charge in [0.15, 0.2) is 6.61 Å². The molecule has 9 heteroatoms. The SMILES string of the molecule is COc1ccc(NC(=O)COc2ccc(CN(C)S(C)(=O)=O)cc2)c(OC)c1. The number of anilines is 1. The van der Waals surface area contributed by atoms with Gasteiger partial charge in [-0.15, -0.1) is 0 Å². The van der Waals surface area contributed by atoms with Gasteiger partial charge in [0.1, 0.15) is 17.2 Å². The third-order valence-electron chi connectivity index (χ3n) is 3.95. The van der Waals surface area contributed by atoms with Crippen LogP contribution in [0.15, 0.2) is 42.5 Å². The Bertz CT molecular complexity index is 913. The number of ether oxygens (including phenoxy) is 3. The Labute approximate surface area is 165 Å². The fraction of sp³-hybridized carbons (Fsp3) is 0.316. The second-order valence-corrected chi connectivity index (χ2v) is 8.16. The van der Waals surface area contributed by atoms with E-state index in [1.165, 1.54) is 18.5 Å². The second kappa shape index (κ2) is 9.43. The molecule has 0 atom stereocenters. The van der Waals surface area contributed by atoms with Crippen molar-refractivity contribution >= 4 is 21.6 Å². The molecule has 0 aliphatic rings. The molecule has 0 fully saturated rings. The van der Waals surface area contributed by atoms with Gasteiger partial charge in [0.05, 0.1) is 26.2 Å². The summed E-state index contributed by atoms with van der Waals surface area (Å²) < 4.78 is 40.0. The monoisotopic (exact) mass is 408 g/mol. The average Bonchev–Trinajstić information content (AvgIpc) is 2.67. The fourth-order valence-corrected chi connectivity index (χ4v) is 2.69. The molecule has 0 saturated heterocycles. The van der Waals surface area contributed by atoms with Crippen molar-refractivity contribution in [3.8, 4) is 17.2 Å². The van der Waals surface area contributed by atoms with Crippen molar-refractivity contribution in [2.24, 2.45) is 0 Å². The summed E-state index contributed by atoms with van der Waals surface area (Å²) in [6, 6.07) is 11.9. The molecule has 28 heavy (non-hydrogen) atoms. The Morgan fingerprint density at radius 3 is 2.25 bits per heavy atom. The molecule has 0 spiro atoms. The third-order valence-corrected chi connectivity index (χ3v) is 5.21. The number of rotatable bonds is 9. The number of carbonyl (C=O) groups excluding carboxylic acids is 1. The maximum absolute atomic E-state index is 12.1. The van der Waals surface area contributed by atoms with E-state index in [-0.39, 0.29) is 19.1 Å². The van der Waals surface area contributed by atoms with Crippen molar-refractivity contribution in [1.29, 1.82) is 0 Å². The Morgan fingerprint density at radius 2 is 1.68 bits per heavy atom. The molecule has 2 aromatic rings. The van der Waals surface area contributed by atoms with Gasteiger partial charge in [0.2, 0.25) is 10.0 Å². The van der Waals surface area contributed by atoms with Crippen molar-refractivity contribution in [2.75, 3.05) is 39.4 Å². The Hall–Kier alpha value is -2.78. The molecule has 0 bridgehead atoms. The summed E-state index contributed by atoms with van der Waals surface area (Å²) in [5.41, 5.74) is 1.32. The molecular formula is C19H24N2O6S. The Balaban J connectivity index is 1.91. The molecule has 0 saturated carbocycles. The fourth-order valence-electron chi connectivity index (χ4n) is 2.30. The molecular weight excluding hydrogens is 384 g/mol. The predicted octanol–water partition coefficient (Wildman–Crippen LogP) is 2.11. The van der Waals surface area contributed by atoms with Crippen LogP contribution in [-0.4, -0.2) is 52.8 Å². The first-order valence-corrected chi connectivity index (χ1v) is 10.2. The Morgan fingerprint density at radius 1 is 1.04 bits per heavy atom. The van der Waals surface area contributed by atoms with E-state index in [1.54, 1.807) is 49.6 Å². The topological polar surface area (TPSA) is 94.2 Å². The van der Waals surface area contributed by atoms with E-state index in [0.29, 0.717) is 22.9 Å². The minimum Gasteiger partial charge on any atom is -0.497 e. The van der Waals surface area contributed by atoms with Crippen LogP contribution in [-0.2, 0) is 21.4 Å². The molecule has 2 rings (SSSR count). The van der Waals surface area contributed by atoms with Crippen molar-refractivity contribution in [3.05, 3.63) is 48.0 Å². The standard InChI is InChI=1S/C19H24N2O6S/c1-21(28(4,23)24)12-14-5-7-15(8-6-14)27-13-19(22)20-17-10-9-16(25-2)11-18(17)26-3/h5-11H,12-13H2,1-4H3,(H,20,22). The van der Waals surface area contributed by atoms with Crippen LogP contribution in [0.4, 0.5) is 5.69 Å². The van der Waals surface area contributed by atoms with Gasteiger partial charge in [-0.1, -0.05) is 12.1 Å². The van der Waals surface area contributed by atoms with Crippen LogP contribution in [0.3, 0.4) is 0 Å². The lowest BCUT2D eigenvalue weighted by Crippen LogP contribution is -2.24. The molecule has 1 N–H and O–H groups in total. The Kier molecular flexibility index (Phi) is 7.24. The molecule has 0 aliphatic carbocycles. The maximum atomic E-state index is 12.1. The van der Waals surface area contributed by atoms with Crippen LogP contribution < -0.4 is 19.5 Å². The number of methoxy groups -OCH3 is 2. The van der Waals surface area contributed by atoms with E-state index in [2.05, 4.69) is 5.32 Å². The first kappa shape index (κ1) is 21.5. The van der Waals surface area contributed by atoms with Gasteiger partial charge in [-0.05, 0) is 29.8 Å². The summed E-state index contributed by atoms with van der Waals surface area (Å²) >= 11 is 0. The zero-order valence-electron chi connectivity index (χ0n) is 16.3. The van der Waals surface area contributed by atoms with E-state index in [4.69, 9.17) is 14.2 Å². The lowest BCUT2D eigenvalue weighted by atomic mass is 10.2. The summed E-state index contributed by atoms with van der Waals surface area (Å²) in [5, 5.41) is 2.72. The first-order chi connectivity index (χ1) is 13.2. The summed E-state index contributed by atoms with van der Waals surface area (Å²) in [7, 11) is 1.32. The highest BCUT2D eigenvalue weighted by Gasteiger charge is 2.12. The van der Waals surface area contributed by atoms with Gasteiger partial charge in [0.25, 0.3) is 5.91 Å². The van der Waals surface area contributed by atoms with Crippen LogP contribution in [0.2, 0.25) is 0 Å². The molecule has 152 valence electrons. The number of nitrogens with one attached hydrogen (secondary N) is 1. The van der Waals surface area contributed by atoms with Gasteiger partial charge in [0, 0.05) is 19.7 Å². The number of carbonyl (C=O) groups is 1. The first-order valence-electron chi connectivity index (χ1n) is 8.38. The van der Waals surface area contributed by atoms with Crippen molar-refractivity contribution in [1.82, 2.24) is 4.31 Å². The summed E-state index contributed by atoms with van der Waals surface area (Å²) in [5.74, 6) is 1.26. The van der Waals surface area contributed by atoms with E-state index >= 15 is 0 Å². The van der Waals surface area contributed by atoms with Gasteiger partial charge >= 0.3 is 0 Å². The van der Waals surface area contributed by atoms with Crippen LogP contribution in [0.5, 0.6) is 17.2 Å². The minimum atomic E-state index is -3.24. The van der Waals surface area contributed by atoms with Gasteiger partial charge in [-0.3, -0.25) is 4.79 Å². The van der Waals surface area contributed by atoms with Crippen molar-refractivity contribution in [3.63, 3.8) is 0 Å². The molecule has 0 aliphatic heterocycles. The summed E-state index contributed by atoms with van der Waals surface area (Å²) in [6.45, 7) is 0.0780. The van der Waals surface area contributed by atoms with Gasteiger partial charge < -0.3 is 19.5 Å². The molecule has 2 aromatic carbocycles. The van der Waals surface area contributed by atoms with Crippen molar-refractivity contribution < 1.29 is 27.4 Å². The van der Waals surface area contributed by atoms with Crippen LogP contribution in [0.1, 0.15) is 5.56 Å². The van der Waals surface area contributed by atoms with Crippen LogP contribution in [0.25, 0.3) is 0 Å². The highest BCUT2D eigenvalue weighted by atomic mass is 32.2. The zero-order chi connectivity index (χ0) is 20.7. The highest BCUT2D eigenvalue weighted by molar-refractivity contribution is 7.88. The number of hydrogen-bond acceptors (Lipinski definition) is 6. The average molecular weight is 408 g/mol.